The number of carbonyl (C=O) groups is 2. The SMILES string of the molecule is COC(=O)/C(=N/Nc1ccccc1C(=O)OC)c1nc2ccccc2[nH]c1=O. The molecule has 1 heterocycles. The third kappa shape index (κ3) is 3.73. The maximum absolute atomic E-state index is 12.4. The monoisotopic (exact) mass is 380 g/mol. The Labute approximate surface area is 159 Å². The lowest BCUT2D eigenvalue weighted by Crippen LogP contribution is -2.28. The van der Waals surface area contributed by atoms with Gasteiger partial charge in [-0.05, 0) is 24.3 Å². The predicted molar refractivity (Wildman–Crippen MR) is 102 cm³/mol. The minimum Gasteiger partial charge on any atom is -0.465 e. The van der Waals surface area contributed by atoms with Gasteiger partial charge < -0.3 is 14.5 Å². The molecule has 142 valence electrons. The van der Waals surface area contributed by atoms with Crippen molar-refractivity contribution in [2.75, 3.05) is 19.6 Å². The van der Waals surface area contributed by atoms with Crippen molar-refractivity contribution >= 4 is 34.4 Å². The van der Waals surface area contributed by atoms with Gasteiger partial charge in [0.05, 0.1) is 36.5 Å². The van der Waals surface area contributed by atoms with Gasteiger partial charge in [0, 0.05) is 0 Å². The first-order chi connectivity index (χ1) is 13.5. The van der Waals surface area contributed by atoms with E-state index in [9.17, 15) is 14.4 Å². The Bertz CT molecular complexity index is 1140. The lowest BCUT2D eigenvalue weighted by Gasteiger charge is -2.09. The molecule has 0 spiro atoms. The number of nitrogens with zero attached hydrogens (tertiary/aromatic N) is 2. The van der Waals surface area contributed by atoms with Crippen LogP contribution in [0.15, 0.2) is 58.4 Å². The Morgan fingerprint density at radius 2 is 1.75 bits per heavy atom. The molecule has 2 N–H and O–H groups in total. The molecule has 0 aliphatic rings. The van der Waals surface area contributed by atoms with E-state index in [-0.39, 0.29) is 22.7 Å². The molecule has 0 aliphatic carbocycles. The fraction of sp³-hybridized carbons (Fsp3) is 0.105. The van der Waals surface area contributed by atoms with E-state index in [1.807, 2.05) is 0 Å². The number of carbonyl (C=O) groups excluding carboxylic acids is 2. The number of hydrogen-bond acceptors (Lipinski definition) is 8. The number of fused-ring (bicyclic) bond motifs is 1. The molecular formula is C19H16N4O5. The minimum atomic E-state index is -0.865. The van der Waals surface area contributed by atoms with E-state index < -0.39 is 17.5 Å². The van der Waals surface area contributed by atoms with E-state index >= 15 is 0 Å². The number of nitrogens with one attached hydrogen (secondary N) is 2. The van der Waals surface area contributed by atoms with E-state index in [0.717, 1.165) is 7.11 Å². The van der Waals surface area contributed by atoms with Crippen molar-refractivity contribution in [2.45, 2.75) is 0 Å². The molecule has 0 unspecified atom stereocenters. The highest BCUT2D eigenvalue weighted by Gasteiger charge is 2.21. The number of methoxy groups -OCH3 is 2. The Morgan fingerprint density at radius 1 is 1.04 bits per heavy atom. The molecule has 0 aliphatic heterocycles. The molecule has 0 radical (unpaired) electrons. The van der Waals surface area contributed by atoms with Crippen molar-refractivity contribution in [3.63, 3.8) is 0 Å². The molecule has 3 rings (SSSR count). The third-order valence-electron chi connectivity index (χ3n) is 3.82. The number of hydrogen-bond donors (Lipinski definition) is 2. The lowest BCUT2D eigenvalue weighted by atomic mass is 10.2. The first-order valence-electron chi connectivity index (χ1n) is 8.14. The number of ether oxygens (including phenoxy) is 2. The van der Waals surface area contributed by atoms with Gasteiger partial charge >= 0.3 is 11.9 Å². The molecule has 0 fully saturated rings. The zero-order valence-corrected chi connectivity index (χ0v) is 15.1. The van der Waals surface area contributed by atoms with Crippen LogP contribution in [0.1, 0.15) is 16.1 Å². The normalized spacial score (nSPS) is 11.1. The molecule has 0 saturated carbocycles. The first kappa shape index (κ1) is 18.8. The molecule has 0 saturated heterocycles. The number of aromatic amines is 1. The van der Waals surface area contributed by atoms with Gasteiger partial charge in [0.2, 0.25) is 0 Å². The van der Waals surface area contributed by atoms with Crippen molar-refractivity contribution in [1.29, 1.82) is 0 Å². The number of hydrazone groups is 1. The van der Waals surface area contributed by atoms with Crippen LogP contribution in [0.2, 0.25) is 0 Å². The summed E-state index contributed by atoms with van der Waals surface area (Å²) in [5.41, 5.74) is 2.94. The first-order valence-corrected chi connectivity index (χ1v) is 8.14. The van der Waals surface area contributed by atoms with Gasteiger partial charge in [0.1, 0.15) is 0 Å². The number of esters is 2. The number of H-pyrrole nitrogens is 1. The second-order valence-electron chi connectivity index (χ2n) is 5.53. The molecule has 2 aromatic carbocycles. The summed E-state index contributed by atoms with van der Waals surface area (Å²) < 4.78 is 9.44. The topological polar surface area (TPSA) is 123 Å². The summed E-state index contributed by atoms with van der Waals surface area (Å²) in [5, 5.41) is 3.98. The zero-order valence-electron chi connectivity index (χ0n) is 15.1. The highest BCUT2D eigenvalue weighted by molar-refractivity contribution is 6.42. The molecule has 0 atom stereocenters. The summed E-state index contributed by atoms with van der Waals surface area (Å²) in [5.74, 6) is -1.45. The fourth-order valence-corrected chi connectivity index (χ4v) is 2.47. The van der Waals surface area contributed by atoms with E-state index in [1.165, 1.54) is 13.2 Å². The third-order valence-corrected chi connectivity index (χ3v) is 3.82. The summed E-state index contributed by atoms with van der Waals surface area (Å²) in [6.07, 6.45) is 0. The van der Waals surface area contributed by atoms with Crippen LogP contribution in [0.25, 0.3) is 11.0 Å². The second-order valence-corrected chi connectivity index (χ2v) is 5.53. The van der Waals surface area contributed by atoms with E-state index in [0.29, 0.717) is 11.0 Å². The van der Waals surface area contributed by atoms with Gasteiger partial charge in [-0.3, -0.25) is 10.2 Å². The number of para-hydroxylation sites is 3. The average Bonchev–Trinajstić information content (AvgIpc) is 2.73. The Hall–Kier alpha value is -4.01. The number of aromatic nitrogens is 2. The van der Waals surface area contributed by atoms with Crippen molar-refractivity contribution in [3.05, 3.63) is 70.1 Å². The standard InChI is InChI=1S/C19H16N4O5/c1-27-18(25)11-7-3-4-8-12(11)22-23-16(19(26)28-2)15-17(24)21-14-10-6-5-9-13(14)20-15/h3-10,22H,1-2H3,(H,21,24)/b23-16+. The van der Waals surface area contributed by atoms with Crippen LogP contribution in [0.3, 0.4) is 0 Å². The van der Waals surface area contributed by atoms with Crippen LogP contribution < -0.4 is 11.0 Å². The van der Waals surface area contributed by atoms with E-state index in [2.05, 4.69) is 20.5 Å². The Morgan fingerprint density at radius 3 is 2.50 bits per heavy atom. The van der Waals surface area contributed by atoms with Crippen molar-refractivity contribution in [2.24, 2.45) is 5.10 Å². The largest absolute Gasteiger partial charge is 0.465 e. The average molecular weight is 380 g/mol. The quantitative estimate of drug-likeness (QED) is 0.392. The number of benzene rings is 2. The fourth-order valence-electron chi connectivity index (χ4n) is 2.47. The zero-order chi connectivity index (χ0) is 20.1. The Balaban J connectivity index is 2.08. The predicted octanol–water partition coefficient (Wildman–Crippen LogP) is 1.70. The van der Waals surface area contributed by atoms with Gasteiger partial charge in [-0.1, -0.05) is 24.3 Å². The van der Waals surface area contributed by atoms with Crippen LogP contribution in [0, 0.1) is 0 Å². The van der Waals surface area contributed by atoms with Crippen LogP contribution in [0.4, 0.5) is 5.69 Å². The molecule has 3 aromatic rings. The van der Waals surface area contributed by atoms with Crippen LogP contribution >= 0.6 is 0 Å². The van der Waals surface area contributed by atoms with Crippen LogP contribution in [-0.4, -0.2) is 41.8 Å². The maximum Gasteiger partial charge on any atom is 0.360 e. The number of anilines is 1. The summed E-state index contributed by atoms with van der Waals surface area (Å²) in [7, 11) is 2.41. The second kappa shape index (κ2) is 8.12. The maximum atomic E-state index is 12.4. The van der Waals surface area contributed by atoms with Crippen molar-refractivity contribution < 1.29 is 19.1 Å². The number of rotatable bonds is 5. The smallest absolute Gasteiger partial charge is 0.360 e. The lowest BCUT2D eigenvalue weighted by molar-refractivity contribution is -0.132. The highest BCUT2D eigenvalue weighted by atomic mass is 16.5. The van der Waals surface area contributed by atoms with E-state index in [4.69, 9.17) is 9.47 Å². The summed E-state index contributed by atoms with van der Waals surface area (Å²) in [4.78, 5) is 43.4. The molecule has 0 amide bonds. The van der Waals surface area contributed by atoms with Gasteiger partial charge in [0.15, 0.2) is 11.4 Å². The Kier molecular flexibility index (Phi) is 5.45. The van der Waals surface area contributed by atoms with Gasteiger partial charge in [-0.15, -0.1) is 0 Å². The van der Waals surface area contributed by atoms with Gasteiger partial charge in [0.25, 0.3) is 5.56 Å². The molecule has 28 heavy (non-hydrogen) atoms. The molecule has 9 nitrogen and oxygen atoms in total. The summed E-state index contributed by atoms with van der Waals surface area (Å²) in [6.45, 7) is 0. The molecule has 1 aromatic heterocycles. The molecular weight excluding hydrogens is 364 g/mol. The van der Waals surface area contributed by atoms with Crippen molar-refractivity contribution in [1.82, 2.24) is 9.97 Å². The summed E-state index contributed by atoms with van der Waals surface area (Å²) in [6, 6.07) is 13.3. The molecule has 9 heteroatoms. The van der Waals surface area contributed by atoms with Gasteiger partial charge in [-0.25, -0.2) is 14.6 Å². The van der Waals surface area contributed by atoms with Crippen molar-refractivity contribution in [3.8, 4) is 0 Å². The van der Waals surface area contributed by atoms with Gasteiger partial charge in [-0.2, -0.15) is 5.10 Å². The van der Waals surface area contributed by atoms with Crippen LogP contribution in [-0.2, 0) is 14.3 Å². The van der Waals surface area contributed by atoms with Crippen LogP contribution in [0.5, 0.6) is 0 Å². The highest BCUT2D eigenvalue weighted by Crippen LogP contribution is 2.16. The summed E-state index contributed by atoms with van der Waals surface area (Å²) >= 11 is 0. The minimum absolute atomic E-state index is 0.207. The van der Waals surface area contributed by atoms with E-state index in [1.54, 1.807) is 42.5 Å². The molecule has 0 bridgehead atoms.